The topological polar surface area (TPSA) is 137 Å². The summed E-state index contributed by atoms with van der Waals surface area (Å²) in [7, 11) is 1.38. The van der Waals surface area contributed by atoms with Gasteiger partial charge in [-0.1, -0.05) is 6.92 Å². The number of thiazole rings is 1. The van der Waals surface area contributed by atoms with Crippen molar-refractivity contribution in [2.45, 2.75) is 37.5 Å². The molecule has 0 spiro atoms. The smallest absolute Gasteiger partial charge is 0.424 e. The molecule has 43 heavy (non-hydrogen) atoms. The van der Waals surface area contributed by atoms with E-state index in [2.05, 4.69) is 15.3 Å². The van der Waals surface area contributed by atoms with Crippen molar-refractivity contribution in [3.63, 3.8) is 0 Å². The average Bonchev–Trinajstić information content (AvgIpc) is 3.56. The number of nitrogens with two attached hydrogens (primary N) is 1. The number of rotatable bonds is 8. The predicted molar refractivity (Wildman–Crippen MR) is 150 cm³/mol. The molecule has 2 aromatic carbocycles. The molecule has 1 unspecified atom stereocenters. The van der Waals surface area contributed by atoms with E-state index >= 15 is 0 Å². The summed E-state index contributed by atoms with van der Waals surface area (Å²) in [6.45, 7) is 1.67. The van der Waals surface area contributed by atoms with Crippen LogP contribution in [0, 0.1) is 5.82 Å². The molecule has 4 N–H and O–H groups in total. The van der Waals surface area contributed by atoms with Crippen molar-refractivity contribution in [3.05, 3.63) is 70.1 Å². The first-order chi connectivity index (χ1) is 20.2. The molecular formula is C29H26F4N4O5S. The molecule has 9 nitrogen and oxygen atoms in total. The molecule has 0 bridgehead atoms. The van der Waals surface area contributed by atoms with Gasteiger partial charge < -0.3 is 25.6 Å². The zero-order valence-electron chi connectivity index (χ0n) is 23.1. The second-order valence-electron chi connectivity index (χ2n) is 10.3. The number of benzene rings is 2. The van der Waals surface area contributed by atoms with Crippen molar-refractivity contribution in [1.29, 1.82) is 0 Å². The van der Waals surface area contributed by atoms with Crippen LogP contribution in [0.4, 0.5) is 17.6 Å². The van der Waals surface area contributed by atoms with Crippen LogP contribution in [0.1, 0.15) is 40.5 Å². The maximum atomic E-state index is 14.7. The highest BCUT2D eigenvalue weighted by atomic mass is 32.1. The van der Waals surface area contributed by atoms with Crippen LogP contribution in [0.15, 0.2) is 42.5 Å². The van der Waals surface area contributed by atoms with Crippen molar-refractivity contribution in [3.8, 4) is 22.8 Å². The van der Waals surface area contributed by atoms with E-state index in [1.165, 1.54) is 49.6 Å². The van der Waals surface area contributed by atoms with Gasteiger partial charge in [-0.15, -0.1) is 11.3 Å². The van der Waals surface area contributed by atoms with Gasteiger partial charge in [-0.3, -0.25) is 9.59 Å². The predicted octanol–water partition coefficient (Wildman–Crippen LogP) is 4.38. The number of fused-ring (bicyclic) bond motifs is 2. The third-order valence-corrected chi connectivity index (χ3v) is 8.57. The Balaban J connectivity index is 1.58. The molecule has 0 fully saturated rings. The molecule has 1 aliphatic rings. The fraction of sp³-hybridized carbons (Fsp3) is 0.310. The average molecular weight is 619 g/mol. The van der Waals surface area contributed by atoms with E-state index in [-0.39, 0.29) is 40.5 Å². The van der Waals surface area contributed by atoms with Gasteiger partial charge in [-0.05, 0) is 55.8 Å². The molecule has 3 heterocycles. The minimum atomic E-state index is -5.35. The lowest BCUT2D eigenvalue weighted by atomic mass is 9.81. The number of aryl methyl sites for hydroxylation is 1. The summed E-state index contributed by atoms with van der Waals surface area (Å²) in [5, 5.41) is 14.2. The number of pyridine rings is 1. The highest BCUT2D eigenvalue weighted by Crippen LogP contribution is 2.47. The Morgan fingerprint density at radius 3 is 2.49 bits per heavy atom. The number of nitrogens with zero attached hydrogens (tertiary/aromatic N) is 2. The Bertz CT molecular complexity index is 1740. The largest absolute Gasteiger partial charge is 0.494 e. The van der Waals surface area contributed by atoms with Crippen molar-refractivity contribution >= 4 is 33.4 Å². The summed E-state index contributed by atoms with van der Waals surface area (Å²) in [6.07, 6.45) is -4.71. The van der Waals surface area contributed by atoms with Crippen LogP contribution < -0.4 is 20.5 Å². The minimum absolute atomic E-state index is 0.0104. The van der Waals surface area contributed by atoms with Gasteiger partial charge in [0.15, 0.2) is 0 Å². The van der Waals surface area contributed by atoms with Gasteiger partial charge in [0.25, 0.3) is 5.91 Å². The van der Waals surface area contributed by atoms with Crippen molar-refractivity contribution < 1.29 is 41.7 Å². The van der Waals surface area contributed by atoms with E-state index in [4.69, 9.17) is 15.2 Å². The molecule has 2 aromatic heterocycles. The first-order valence-corrected chi connectivity index (χ1v) is 13.8. The number of amides is 2. The molecule has 4 aromatic rings. The van der Waals surface area contributed by atoms with Crippen LogP contribution in [0.5, 0.6) is 11.5 Å². The van der Waals surface area contributed by atoms with Crippen LogP contribution in [-0.2, 0) is 22.2 Å². The molecule has 2 amide bonds. The van der Waals surface area contributed by atoms with Crippen LogP contribution in [0.2, 0.25) is 0 Å². The number of primary amides is 1. The summed E-state index contributed by atoms with van der Waals surface area (Å²) >= 11 is 1.31. The molecule has 0 saturated carbocycles. The van der Waals surface area contributed by atoms with Gasteiger partial charge >= 0.3 is 6.18 Å². The van der Waals surface area contributed by atoms with E-state index in [1.807, 2.05) is 6.92 Å². The number of carbonyl (C=O) groups excluding carboxylic acids is 2. The van der Waals surface area contributed by atoms with E-state index < -0.39 is 47.1 Å². The Kier molecular flexibility index (Phi) is 7.55. The number of ether oxygens (including phenoxy) is 2. The normalized spacial score (nSPS) is 17.7. The number of aliphatic hydroxyl groups is 1. The zero-order valence-corrected chi connectivity index (χ0v) is 24.0. The molecule has 5 rings (SSSR count). The standard InChI is InChI=1S/C29H26F4N4O5S/c1-4-21-37-23-18(41-3)9-15(10-19(23)43-21)25(38)35-12-28(40,29(31,32)33)20-11-17-24(42-13-27(17,2)26(34)39)22(36-20)14-5-7-16(30)8-6-14/h5-11,40H,4,12-13H2,1-3H3,(H2,34,39)(H,35,38)/t27-,28?/m0/s1. The van der Waals surface area contributed by atoms with Crippen LogP contribution in [-0.4, -0.2) is 53.3 Å². The lowest BCUT2D eigenvalue weighted by Crippen LogP contribution is -2.51. The number of carbonyl (C=O) groups is 2. The van der Waals surface area contributed by atoms with E-state index in [1.54, 1.807) is 0 Å². The Labute approximate surface area is 246 Å². The van der Waals surface area contributed by atoms with Gasteiger partial charge in [0, 0.05) is 16.7 Å². The molecule has 14 heteroatoms. The molecular weight excluding hydrogens is 592 g/mol. The lowest BCUT2D eigenvalue weighted by molar-refractivity contribution is -0.265. The zero-order chi connectivity index (χ0) is 31.3. The molecule has 0 saturated heterocycles. The number of hydrogen-bond acceptors (Lipinski definition) is 8. The molecule has 2 atom stereocenters. The van der Waals surface area contributed by atoms with E-state index in [9.17, 15) is 32.3 Å². The third-order valence-electron chi connectivity index (χ3n) is 7.42. The number of aromatic nitrogens is 2. The van der Waals surface area contributed by atoms with Crippen LogP contribution in [0.25, 0.3) is 21.5 Å². The summed E-state index contributed by atoms with van der Waals surface area (Å²) in [5.74, 6) is -2.16. The maximum Gasteiger partial charge on any atom is 0.424 e. The van der Waals surface area contributed by atoms with Crippen molar-refractivity contribution in [2.24, 2.45) is 5.73 Å². The number of alkyl halides is 3. The third kappa shape index (κ3) is 5.14. The quantitative estimate of drug-likeness (QED) is 0.249. The number of nitrogens with one attached hydrogen (secondary N) is 1. The monoisotopic (exact) mass is 618 g/mol. The number of methoxy groups -OCH3 is 1. The summed E-state index contributed by atoms with van der Waals surface area (Å²) in [5.41, 5.74) is -0.139. The number of halogens is 4. The fourth-order valence-electron chi connectivity index (χ4n) is 4.73. The fourth-order valence-corrected chi connectivity index (χ4v) is 5.70. The second kappa shape index (κ2) is 10.8. The van der Waals surface area contributed by atoms with Gasteiger partial charge in [0.1, 0.15) is 40.5 Å². The van der Waals surface area contributed by atoms with Crippen molar-refractivity contribution in [1.82, 2.24) is 15.3 Å². The lowest BCUT2D eigenvalue weighted by Gasteiger charge is -2.31. The second-order valence-corrected chi connectivity index (χ2v) is 11.4. The highest BCUT2D eigenvalue weighted by Gasteiger charge is 2.57. The molecule has 0 radical (unpaired) electrons. The number of hydrogen-bond donors (Lipinski definition) is 3. The Hall–Kier alpha value is -4.30. The van der Waals surface area contributed by atoms with Gasteiger partial charge in [0.2, 0.25) is 11.5 Å². The summed E-state index contributed by atoms with van der Waals surface area (Å²) in [6, 6.07) is 8.42. The Morgan fingerprint density at radius 1 is 1.19 bits per heavy atom. The van der Waals surface area contributed by atoms with Gasteiger partial charge in [0.05, 0.1) is 29.1 Å². The molecule has 0 aliphatic carbocycles. The van der Waals surface area contributed by atoms with E-state index in [0.717, 1.165) is 23.2 Å². The maximum absolute atomic E-state index is 14.7. The molecule has 1 aliphatic heterocycles. The minimum Gasteiger partial charge on any atom is -0.494 e. The van der Waals surface area contributed by atoms with E-state index in [0.29, 0.717) is 16.6 Å². The highest BCUT2D eigenvalue weighted by molar-refractivity contribution is 7.18. The molecule has 226 valence electrons. The van der Waals surface area contributed by atoms with Gasteiger partial charge in [-0.25, -0.2) is 14.4 Å². The first kappa shape index (κ1) is 30.2. The van der Waals surface area contributed by atoms with Gasteiger partial charge in [-0.2, -0.15) is 13.2 Å². The van der Waals surface area contributed by atoms with Crippen LogP contribution >= 0.6 is 11.3 Å². The Morgan fingerprint density at radius 2 is 1.88 bits per heavy atom. The van der Waals surface area contributed by atoms with Crippen molar-refractivity contribution in [2.75, 3.05) is 20.3 Å². The summed E-state index contributed by atoms with van der Waals surface area (Å²) < 4.78 is 69.2. The van der Waals surface area contributed by atoms with Crippen LogP contribution in [0.3, 0.4) is 0 Å². The first-order valence-electron chi connectivity index (χ1n) is 13.0. The summed E-state index contributed by atoms with van der Waals surface area (Å²) in [4.78, 5) is 34.1. The SMILES string of the molecule is CCc1nc2c(OC)cc(C(=O)NCC(O)(c3cc4c(c(-c5ccc(F)cc5)n3)OC[C@]4(C)C(N)=O)C(F)(F)F)cc2s1.